The van der Waals surface area contributed by atoms with E-state index in [1.807, 2.05) is 0 Å². The molecule has 0 radical (unpaired) electrons. The molecule has 238 valence electrons. The second-order valence-corrected chi connectivity index (χ2v) is 14.5. The van der Waals surface area contributed by atoms with Crippen LogP contribution in [0.2, 0.25) is 0 Å². The lowest BCUT2D eigenvalue weighted by Gasteiger charge is -2.54. The molecular weight excluding hydrogens is 605 g/mol. The van der Waals surface area contributed by atoms with Crippen molar-refractivity contribution in [2.75, 3.05) is 4.90 Å². The Balaban J connectivity index is 1.10. The summed E-state index contributed by atoms with van der Waals surface area (Å²) in [5.74, 6) is 0.673. The highest BCUT2D eigenvalue weighted by molar-refractivity contribution is 6.13. The molecular formula is C48H36N2. The van der Waals surface area contributed by atoms with Gasteiger partial charge in [-0.05, 0) is 114 Å². The van der Waals surface area contributed by atoms with Gasteiger partial charge in [-0.3, -0.25) is 0 Å². The van der Waals surface area contributed by atoms with Gasteiger partial charge < -0.3 is 9.47 Å². The van der Waals surface area contributed by atoms with E-state index in [9.17, 15) is 0 Å². The lowest BCUT2D eigenvalue weighted by Crippen LogP contribution is -2.43. The smallest absolute Gasteiger partial charge is 0.0619 e. The van der Waals surface area contributed by atoms with Gasteiger partial charge in [-0.1, -0.05) is 115 Å². The van der Waals surface area contributed by atoms with E-state index in [0.29, 0.717) is 5.92 Å². The van der Waals surface area contributed by atoms with Crippen LogP contribution in [0.3, 0.4) is 0 Å². The topological polar surface area (TPSA) is 8.17 Å². The van der Waals surface area contributed by atoms with E-state index in [2.05, 4.69) is 173 Å². The third-order valence-electron chi connectivity index (χ3n) is 12.1. The van der Waals surface area contributed by atoms with Crippen molar-refractivity contribution in [3.05, 3.63) is 180 Å². The molecule has 2 heterocycles. The van der Waals surface area contributed by atoms with Crippen LogP contribution in [0.4, 0.5) is 17.1 Å². The minimum Gasteiger partial charge on any atom is -0.310 e. The monoisotopic (exact) mass is 640 g/mol. The molecule has 1 saturated carbocycles. The number of hydrogen-bond acceptors (Lipinski definition) is 1. The Hall–Kier alpha value is -5.86. The number of rotatable bonds is 4. The van der Waals surface area contributed by atoms with Gasteiger partial charge in [0.1, 0.15) is 0 Å². The molecule has 0 N–H and O–H groups in total. The minimum atomic E-state index is 0.0811. The fourth-order valence-corrected chi connectivity index (χ4v) is 9.90. The molecule has 1 aromatic heterocycles. The molecule has 0 amide bonds. The summed E-state index contributed by atoms with van der Waals surface area (Å²) >= 11 is 0. The van der Waals surface area contributed by atoms with Crippen LogP contribution in [0.15, 0.2) is 164 Å². The Morgan fingerprint density at radius 3 is 2.02 bits per heavy atom. The van der Waals surface area contributed by atoms with Crippen molar-refractivity contribution in [2.24, 2.45) is 0 Å². The minimum absolute atomic E-state index is 0.0811. The predicted octanol–water partition coefficient (Wildman–Crippen LogP) is 12.9. The van der Waals surface area contributed by atoms with E-state index in [1.165, 1.54) is 98.1 Å². The maximum Gasteiger partial charge on any atom is 0.0619 e. The van der Waals surface area contributed by atoms with Gasteiger partial charge in [0.2, 0.25) is 0 Å². The summed E-state index contributed by atoms with van der Waals surface area (Å²) in [7, 11) is 0. The number of aromatic nitrogens is 1. The summed E-state index contributed by atoms with van der Waals surface area (Å²) in [5.41, 5.74) is 17.4. The van der Waals surface area contributed by atoms with E-state index in [0.717, 1.165) is 0 Å². The second kappa shape index (κ2) is 10.6. The molecule has 7 aromatic carbocycles. The fraction of sp³-hybridized carbons (Fsp3) is 0.125. The molecule has 12 rings (SSSR count). The maximum atomic E-state index is 2.56. The number of nitrogens with zero attached hydrogens (tertiary/aromatic N) is 2. The summed E-state index contributed by atoms with van der Waals surface area (Å²) in [4.78, 5) is 2.56. The van der Waals surface area contributed by atoms with Gasteiger partial charge in [-0.2, -0.15) is 0 Å². The van der Waals surface area contributed by atoms with Crippen LogP contribution < -0.4 is 4.90 Å². The van der Waals surface area contributed by atoms with Crippen LogP contribution in [0.1, 0.15) is 48.3 Å². The fourth-order valence-electron chi connectivity index (χ4n) is 9.90. The van der Waals surface area contributed by atoms with E-state index in [1.54, 1.807) is 11.1 Å². The van der Waals surface area contributed by atoms with Gasteiger partial charge in [0.25, 0.3) is 0 Å². The quantitative estimate of drug-likeness (QED) is 0.186. The Labute approximate surface area is 292 Å². The first-order valence-electron chi connectivity index (χ1n) is 18.1. The number of fused-ring (bicyclic) bond motifs is 6. The number of hydrogen-bond donors (Lipinski definition) is 0. The van der Waals surface area contributed by atoms with E-state index < -0.39 is 0 Å². The molecule has 0 saturated heterocycles. The molecule has 0 atom stereocenters. The molecule has 4 aliphatic rings. The van der Waals surface area contributed by atoms with Crippen LogP contribution in [0, 0.1) is 0 Å². The summed E-state index contributed by atoms with van der Waals surface area (Å²) in [6, 6.07) is 61.0. The van der Waals surface area contributed by atoms with Crippen LogP contribution in [0.25, 0.3) is 49.7 Å². The van der Waals surface area contributed by atoms with Crippen LogP contribution >= 0.6 is 0 Å². The van der Waals surface area contributed by atoms with Crippen molar-refractivity contribution in [3.8, 4) is 27.9 Å². The SMILES string of the molecule is c1ccc(-c2ccc3c(c2)C24CCC(CC2)c2cccc(c24)N3c2ccc(-c3cccc4c5ccccc5n(-c5ccccc5)c34)cc2)cc1. The van der Waals surface area contributed by atoms with Crippen molar-refractivity contribution >= 4 is 38.9 Å². The molecule has 2 bridgehead atoms. The second-order valence-electron chi connectivity index (χ2n) is 14.5. The molecule has 3 aliphatic carbocycles. The zero-order chi connectivity index (χ0) is 32.8. The van der Waals surface area contributed by atoms with Gasteiger partial charge in [-0.15, -0.1) is 0 Å². The van der Waals surface area contributed by atoms with Crippen LogP contribution in [-0.2, 0) is 5.41 Å². The Morgan fingerprint density at radius 1 is 0.500 bits per heavy atom. The first-order chi connectivity index (χ1) is 24.8. The van der Waals surface area contributed by atoms with Crippen molar-refractivity contribution in [1.29, 1.82) is 0 Å². The van der Waals surface area contributed by atoms with Gasteiger partial charge in [0.15, 0.2) is 0 Å². The van der Waals surface area contributed by atoms with Gasteiger partial charge in [0, 0.05) is 33.1 Å². The van der Waals surface area contributed by atoms with Gasteiger partial charge >= 0.3 is 0 Å². The third kappa shape index (κ3) is 3.85. The molecule has 2 heteroatoms. The lowest BCUT2D eigenvalue weighted by molar-refractivity contribution is 0.278. The molecule has 1 fully saturated rings. The summed E-state index contributed by atoms with van der Waals surface area (Å²) in [6.07, 6.45) is 5.04. The molecule has 8 aromatic rings. The summed E-state index contributed by atoms with van der Waals surface area (Å²) < 4.78 is 2.43. The molecule has 0 unspecified atom stereocenters. The van der Waals surface area contributed by atoms with Crippen LogP contribution in [-0.4, -0.2) is 4.57 Å². The third-order valence-corrected chi connectivity index (χ3v) is 12.1. The maximum absolute atomic E-state index is 2.56. The molecule has 1 spiro atoms. The van der Waals surface area contributed by atoms with Crippen molar-refractivity contribution in [2.45, 2.75) is 37.0 Å². The van der Waals surface area contributed by atoms with E-state index in [-0.39, 0.29) is 5.41 Å². The number of para-hydroxylation sites is 3. The van der Waals surface area contributed by atoms with E-state index >= 15 is 0 Å². The van der Waals surface area contributed by atoms with Crippen molar-refractivity contribution in [1.82, 2.24) is 4.57 Å². The Kier molecular flexibility index (Phi) is 5.92. The normalized spacial score (nSPS) is 18.7. The Morgan fingerprint density at radius 2 is 1.20 bits per heavy atom. The number of benzene rings is 7. The summed E-state index contributed by atoms with van der Waals surface area (Å²) in [6.45, 7) is 0. The number of anilines is 3. The highest BCUT2D eigenvalue weighted by Crippen LogP contribution is 2.64. The summed E-state index contributed by atoms with van der Waals surface area (Å²) in [5, 5.41) is 2.56. The zero-order valence-corrected chi connectivity index (χ0v) is 27.9. The standard InChI is InChI=1S/C48H36N2/c1-3-11-32(12-4-1)35-23-26-44-42(31-35)48-29-27-34(28-30-48)38-16-10-20-45(46(38)48)49(44)37-24-21-33(22-25-37)39-17-9-18-41-40-15-7-8-19-43(40)50(47(39)41)36-13-5-2-6-14-36/h1-26,31,34H,27-30H2. The Bertz CT molecular complexity index is 2590. The zero-order valence-electron chi connectivity index (χ0n) is 27.9. The highest BCUT2D eigenvalue weighted by atomic mass is 15.2. The average Bonchev–Trinajstić information content (AvgIpc) is 3.54. The first-order valence-corrected chi connectivity index (χ1v) is 18.1. The largest absolute Gasteiger partial charge is 0.310 e. The van der Waals surface area contributed by atoms with Gasteiger partial charge in [-0.25, -0.2) is 0 Å². The predicted molar refractivity (Wildman–Crippen MR) is 208 cm³/mol. The molecule has 50 heavy (non-hydrogen) atoms. The van der Waals surface area contributed by atoms with E-state index in [4.69, 9.17) is 0 Å². The van der Waals surface area contributed by atoms with Gasteiger partial charge in [0.05, 0.1) is 22.4 Å². The highest BCUT2D eigenvalue weighted by Gasteiger charge is 2.51. The molecule has 2 nitrogen and oxygen atoms in total. The molecule has 1 aliphatic heterocycles. The lowest BCUT2D eigenvalue weighted by atomic mass is 9.53. The van der Waals surface area contributed by atoms with Crippen LogP contribution in [0.5, 0.6) is 0 Å². The van der Waals surface area contributed by atoms with Crippen molar-refractivity contribution < 1.29 is 0 Å². The average molecular weight is 641 g/mol. The van der Waals surface area contributed by atoms with Crippen molar-refractivity contribution in [3.63, 3.8) is 0 Å². The first kappa shape index (κ1) is 28.0.